The van der Waals surface area contributed by atoms with E-state index in [4.69, 9.17) is 31.6 Å². The molecule has 30 heavy (non-hydrogen) atoms. The minimum atomic E-state index is -5.83. The lowest BCUT2D eigenvalue weighted by atomic mass is 9.99. The molecule has 0 amide bonds. The number of rotatable bonds is 7. The number of H-pyrrole nitrogens is 1. The fourth-order valence-electron chi connectivity index (χ4n) is 2.26. The minimum Gasteiger partial charge on any atom is -0.385 e. The molecule has 0 radical (unpaired) electrons. The van der Waals surface area contributed by atoms with Gasteiger partial charge in [-0.15, -0.1) is 0 Å². The van der Waals surface area contributed by atoms with Crippen molar-refractivity contribution in [1.82, 2.24) is 9.55 Å². The van der Waals surface area contributed by atoms with Crippen molar-refractivity contribution in [1.29, 1.82) is 0 Å². The molecule has 2 rings (SSSR count). The van der Waals surface area contributed by atoms with Gasteiger partial charge in [0.25, 0.3) is 0 Å². The van der Waals surface area contributed by atoms with E-state index in [2.05, 4.69) is 30.3 Å². The van der Waals surface area contributed by atoms with Crippen molar-refractivity contribution >= 4 is 47.9 Å². The Hall–Kier alpha value is -0.260. The van der Waals surface area contributed by atoms with E-state index in [1.54, 1.807) is 0 Å². The van der Waals surface area contributed by atoms with Crippen molar-refractivity contribution in [3.8, 4) is 0 Å². The summed E-state index contributed by atoms with van der Waals surface area (Å²) in [5.74, 6) is -0.996. The first-order valence-electron chi connectivity index (χ1n) is 7.24. The number of ether oxygens (including phenoxy) is 1. The van der Waals surface area contributed by atoms with Crippen LogP contribution in [-0.2, 0) is 31.6 Å². The maximum absolute atomic E-state index is 13.8. The Morgan fingerprint density at radius 2 is 1.77 bits per heavy atom. The average Bonchev–Trinajstić information content (AvgIpc) is 2.70. The quantitative estimate of drug-likeness (QED) is 0.189. The standard InChI is InChI=1S/C9H14FN2O13P3S2/c1-9(14)4(13)6(22-7(9)12-2-3(10)5(29)11-8(12)30)23-27(18,19)25-28(20,21)24-26(15,16)17/h2,4,6-7,13-14H,1H3,(H,18,19)(H,20,21)(H,11,29,30)(H2,15,16,17)/t4-,6+,7+,9?/m0/s1. The van der Waals surface area contributed by atoms with Gasteiger partial charge in [-0.3, -0.25) is 9.09 Å². The van der Waals surface area contributed by atoms with Crippen LogP contribution in [0.25, 0.3) is 0 Å². The van der Waals surface area contributed by atoms with Crippen molar-refractivity contribution in [3.05, 3.63) is 21.4 Å². The third kappa shape index (κ3) is 6.16. The van der Waals surface area contributed by atoms with Gasteiger partial charge in [0.05, 0.1) is 0 Å². The molecule has 21 heteroatoms. The highest BCUT2D eigenvalue weighted by molar-refractivity contribution is 7.72. The Morgan fingerprint density at radius 1 is 1.20 bits per heavy atom. The largest absolute Gasteiger partial charge is 0.490 e. The van der Waals surface area contributed by atoms with Gasteiger partial charge in [-0.25, -0.2) is 18.1 Å². The Bertz CT molecular complexity index is 1080. The fourth-order valence-corrected chi connectivity index (χ4v) is 5.81. The normalized spacial score (nSPS) is 31.3. The van der Waals surface area contributed by atoms with Crippen molar-refractivity contribution in [2.45, 2.75) is 31.1 Å². The van der Waals surface area contributed by atoms with Gasteiger partial charge in [0, 0.05) is 6.20 Å². The van der Waals surface area contributed by atoms with E-state index in [0.29, 0.717) is 6.20 Å². The maximum Gasteiger partial charge on any atom is 0.490 e. The van der Waals surface area contributed by atoms with Gasteiger partial charge in [-0.2, -0.15) is 8.62 Å². The lowest BCUT2D eigenvalue weighted by molar-refractivity contribution is -0.136. The molecule has 0 bridgehead atoms. The van der Waals surface area contributed by atoms with Crippen LogP contribution in [-0.4, -0.2) is 57.3 Å². The molecule has 1 aliphatic heterocycles. The van der Waals surface area contributed by atoms with Gasteiger partial charge < -0.3 is 39.5 Å². The highest BCUT2D eigenvalue weighted by atomic mass is 32.1. The molecule has 172 valence electrons. The number of aromatic amines is 1. The van der Waals surface area contributed by atoms with Crippen LogP contribution < -0.4 is 0 Å². The predicted octanol–water partition coefficient (Wildman–Crippen LogP) is 0.724. The molecule has 1 aromatic rings. The van der Waals surface area contributed by atoms with E-state index < -0.39 is 53.5 Å². The summed E-state index contributed by atoms with van der Waals surface area (Å²) in [7, 11) is -17.1. The minimum absolute atomic E-state index is 0.280. The smallest absolute Gasteiger partial charge is 0.385 e. The molecule has 1 fully saturated rings. The number of hydrogen-bond acceptors (Lipinski definition) is 11. The van der Waals surface area contributed by atoms with E-state index in [9.17, 15) is 33.2 Å². The zero-order valence-electron chi connectivity index (χ0n) is 14.3. The molecule has 0 aromatic carbocycles. The summed E-state index contributed by atoms with van der Waals surface area (Å²) in [6, 6.07) is 0. The number of aromatic nitrogens is 2. The van der Waals surface area contributed by atoms with E-state index in [-0.39, 0.29) is 9.41 Å². The number of aliphatic hydroxyl groups excluding tert-OH is 1. The monoisotopic (exact) mass is 534 g/mol. The van der Waals surface area contributed by atoms with E-state index >= 15 is 0 Å². The van der Waals surface area contributed by atoms with Gasteiger partial charge in [0.2, 0.25) is 6.29 Å². The summed E-state index contributed by atoms with van der Waals surface area (Å²) in [6.07, 6.45) is -5.39. The van der Waals surface area contributed by atoms with Crippen LogP contribution in [0.4, 0.5) is 4.39 Å². The molecule has 15 nitrogen and oxygen atoms in total. The first-order chi connectivity index (χ1) is 13.3. The molecule has 2 heterocycles. The Morgan fingerprint density at radius 3 is 2.30 bits per heavy atom. The summed E-state index contributed by atoms with van der Waals surface area (Å²) in [5, 5.41) is 20.6. The Labute approximate surface area is 176 Å². The third-order valence-corrected chi connectivity index (χ3v) is 7.86. The van der Waals surface area contributed by atoms with Crippen LogP contribution in [0.1, 0.15) is 13.2 Å². The summed E-state index contributed by atoms with van der Waals surface area (Å²) >= 11 is 9.57. The average molecular weight is 534 g/mol. The highest BCUT2D eigenvalue weighted by Crippen LogP contribution is 2.67. The topological polar surface area (TPSA) is 230 Å². The zero-order valence-corrected chi connectivity index (χ0v) is 18.7. The molecular formula is C9H14FN2O13P3S2. The summed E-state index contributed by atoms with van der Waals surface area (Å²) in [5.41, 5.74) is -2.34. The molecule has 0 aliphatic carbocycles. The predicted molar refractivity (Wildman–Crippen MR) is 95.9 cm³/mol. The van der Waals surface area contributed by atoms with Crippen LogP contribution in [0.5, 0.6) is 0 Å². The molecule has 0 spiro atoms. The van der Waals surface area contributed by atoms with Gasteiger partial charge >= 0.3 is 23.5 Å². The second-order valence-corrected chi connectivity index (χ2v) is 11.0. The second kappa shape index (κ2) is 8.59. The first-order valence-corrected chi connectivity index (χ1v) is 12.6. The summed E-state index contributed by atoms with van der Waals surface area (Å²) in [4.78, 5) is 37.9. The second-order valence-electron chi connectivity index (χ2n) is 5.87. The Kier molecular flexibility index (Phi) is 7.44. The van der Waals surface area contributed by atoms with Gasteiger partial charge in [-0.05, 0) is 19.1 Å². The van der Waals surface area contributed by atoms with Crippen LogP contribution >= 0.6 is 47.9 Å². The number of phosphoric acid groups is 3. The number of nitrogens with zero attached hydrogens (tertiary/aromatic N) is 1. The number of hydrogen-bond donors (Lipinski definition) is 7. The number of nitrogens with one attached hydrogen (secondary N) is 1. The molecule has 0 saturated carbocycles. The Balaban J connectivity index is 2.28. The molecule has 1 aliphatic rings. The number of halogens is 1. The van der Waals surface area contributed by atoms with E-state index in [0.717, 1.165) is 11.5 Å². The summed E-state index contributed by atoms with van der Waals surface area (Å²) < 4.78 is 64.3. The maximum atomic E-state index is 13.8. The third-order valence-electron chi connectivity index (χ3n) is 3.45. The van der Waals surface area contributed by atoms with Gasteiger partial charge in [-0.1, -0.05) is 12.2 Å². The van der Waals surface area contributed by atoms with Crippen LogP contribution in [0.3, 0.4) is 0 Å². The molecule has 7 N–H and O–H groups in total. The van der Waals surface area contributed by atoms with E-state index in [1.807, 2.05) is 0 Å². The molecule has 1 aromatic heterocycles. The molecule has 3 unspecified atom stereocenters. The van der Waals surface area contributed by atoms with Crippen LogP contribution in [0.2, 0.25) is 0 Å². The molecule has 6 atom stereocenters. The highest BCUT2D eigenvalue weighted by Gasteiger charge is 2.56. The fraction of sp³-hybridized carbons (Fsp3) is 0.556. The number of phosphoric ester groups is 1. The van der Waals surface area contributed by atoms with E-state index in [1.165, 1.54) is 0 Å². The molecular weight excluding hydrogens is 520 g/mol. The zero-order chi connectivity index (χ0) is 23.3. The lowest BCUT2D eigenvalue weighted by Crippen LogP contribution is -2.44. The lowest BCUT2D eigenvalue weighted by Gasteiger charge is -2.27. The summed E-state index contributed by atoms with van der Waals surface area (Å²) in [6.45, 7) is 0.962. The van der Waals surface area contributed by atoms with Crippen molar-refractivity contribution in [2.75, 3.05) is 0 Å². The van der Waals surface area contributed by atoms with Crippen molar-refractivity contribution in [3.63, 3.8) is 0 Å². The van der Waals surface area contributed by atoms with Crippen LogP contribution in [0, 0.1) is 15.2 Å². The SMILES string of the molecule is CC1(O)[C@@H](O)[C@@H](OP(=O)(O)OP(=O)(O)OP(=O)(O)O)O[C@H]1n1cc(F)c(=S)[nH]c1=S. The molecule has 1 saturated heterocycles. The van der Waals surface area contributed by atoms with Crippen LogP contribution in [0.15, 0.2) is 6.20 Å². The van der Waals surface area contributed by atoms with Crippen molar-refractivity contribution in [2.24, 2.45) is 0 Å². The van der Waals surface area contributed by atoms with Gasteiger partial charge in [0.15, 0.2) is 16.8 Å². The first kappa shape index (κ1) is 26.0. The van der Waals surface area contributed by atoms with Crippen molar-refractivity contribution < 1.29 is 65.8 Å². The number of aliphatic hydroxyl groups is 2. The van der Waals surface area contributed by atoms with Gasteiger partial charge in [0.1, 0.15) is 16.3 Å².